The van der Waals surface area contributed by atoms with Gasteiger partial charge >= 0.3 is 0 Å². The summed E-state index contributed by atoms with van der Waals surface area (Å²) in [6, 6.07) is 9.92. The van der Waals surface area contributed by atoms with Crippen molar-refractivity contribution in [2.45, 2.75) is 19.4 Å². The van der Waals surface area contributed by atoms with E-state index in [-0.39, 0.29) is 11.5 Å². The van der Waals surface area contributed by atoms with Crippen molar-refractivity contribution in [1.29, 1.82) is 0 Å². The lowest BCUT2D eigenvalue weighted by atomic mass is 10.2. The first-order valence-electron chi connectivity index (χ1n) is 8.39. The number of fused-ring (bicyclic) bond motifs is 3. The quantitative estimate of drug-likeness (QED) is 0.557. The summed E-state index contributed by atoms with van der Waals surface area (Å²) in [6.45, 7) is 1.85. The second-order valence-electron chi connectivity index (χ2n) is 6.02. The van der Waals surface area contributed by atoms with Crippen molar-refractivity contribution in [3.63, 3.8) is 0 Å². The lowest BCUT2D eigenvalue weighted by Gasteiger charge is -2.17. The summed E-state index contributed by atoms with van der Waals surface area (Å²) in [5.74, 6) is -0.290. The van der Waals surface area contributed by atoms with Gasteiger partial charge in [-0.05, 0) is 36.8 Å². The van der Waals surface area contributed by atoms with Gasteiger partial charge in [-0.2, -0.15) is 0 Å². The Balaban J connectivity index is 1.74. The molecule has 0 fully saturated rings. The molecule has 0 saturated carbocycles. The summed E-state index contributed by atoms with van der Waals surface area (Å²) in [4.78, 5) is 35.3. The number of nitrogens with zero attached hydrogens (tertiary/aromatic N) is 3. The molecule has 4 rings (SSSR count). The molecule has 6 nitrogen and oxygen atoms in total. The molecule has 0 bridgehead atoms. The second-order valence-corrected chi connectivity index (χ2v) is 7.45. The van der Waals surface area contributed by atoms with Gasteiger partial charge in [-0.1, -0.05) is 24.6 Å². The first-order chi connectivity index (χ1) is 13.1. The van der Waals surface area contributed by atoms with Crippen LogP contribution in [0.1, 0.15) is 19.4 Å². The second kappa shape index (κ2) is 7.09. The molecule has 1 amide bonds. The molecule has 1 atom stereocenters. The number of pyridine rings is 1. The first kappa shape index (κ1) is 17.6. The van der Waals surface area contributed by atoms with Gasteiger partial charge in [0.25, 0.3) is 5.56 Å². The standard InChI is InChI=1S/C19H15ClN4O2S/c1-2-14(17(25)23-12-6-3-5-11(20)9-12)24-10-22-15-13-7-4-8-21-18(13)27-16(15)19(24)26/h3-10,14H,2H2,1H3,(H,23,25)/t14-/m1/s1. The molecule has 136 valence electrons. The van der Waals surface area contributed by atoms with E-state index in [1.165, 1.54) is 22.2 Å². The molecule has 0 aliphatic heterocycles. The van der Waals surface area contributed by atoms with Crippen LogP contribution in [0.3, 0.4) is 0 Å². The summed E-state index contributed by atoms with van der Waals surface area (Å²) >= 11 is 7.26. The minimum absolute atomic E-state index is 0.240. The number of carbonyl (C=O) groups excluding carboxylic acids is 1. The van der Waals surface area contributed by atoms with Crippen molar-refractivity contribution >= 4 is 55.0 Å². The van der Waals surface area contributed by atoms with Gasteiger partial charge in [-0.15, -0.1) is 11.3 Å². The van der Waals surface area contributed by atoms with Crippen LogP contribution >= 0.6 is 22.9 Å². The van der Waals surface area contributed by atoms with Crippen molar-refractivity contribution in [3.05, 3.63) is 64.3 Å². The summed E-state index contributed by atoms with van der Waals surface area (Å²) in [5.41, 5.74) is 0.963. The van der Waals surface area contributed by atoms with Gasteiger partial charge < -0.3 is 5.32 Å². The molecule has 0 aliphatic rings. The summed E-state index contributed by atoms with van der Waals surface area (Å²) < 4.78 is 1.89. The van der Waals surface area contributed by atoms with E-state index >= 15 is 0 Å². The van der Waals surface area contributed by atoms with E-state index in [2.05, 4.69) is 15.3 Å². The fourth-order valence-corrected chi connectivity index (χ4v) is 4.23. The lowest BCUT2D eigenvalue weighted by molar-refractivity contribution is -0.119. The van der Waals surface area contributed by atoms with E-state index < -0.39 is 6.04 Å². The Labute approximate surface area is 163 Å². The zero-order valence-corrected chi connectivity index (χ0v) is 15.9. The van der Waals surface area contributed by atoms with Crippen molar-refractivity contribution in [1.82, 2.24) is 14.5 Å². The van der Waals surface area contributed by atoms with Crippen molar-refractivity contribution in [3.8, 4) is 0 Å². The third-order valence-electron chi connectivity index (χ3n) is 4.30. The molecule has 0 aliphatic carbocycles. The number of benzene rings is 1. The molecule has 3 aromatic heterocycles. The van der Waals surface area contributed by atoms with Crippen LogP contribution in [0.2, 0.25) is 5.02 Å². The number of anilines is 1. The highest BCUT2D eigenvalue weighted by atomic mass is 35.5. The van der Waals surface area contributed by atoms with Crippen LogP contribution in [0.25, 0.3) is 20.4 Å². The molecular formula is C19H15ClN4O2S. The minimum Gasteiger partial charge on any atom is -0.324 e. The Hall–Kier alpha value is -2.77. The summed E-state index contributed by atoms with van der Waals surface area (Å²) in [6.07, 6.45) is 3.57. The molecule has 0 radical (unpaired) electrons. The van der Waals surface area contributed by atoms with Gasteiger partial charge in [-0.3, -0.25) is 14.2 Å². The van der Waals surface area contributed by atoms with Crippen LogP contribution in [-0.2, 0) is 4.79 Å². The molecule has 1 N–H and O–H groups in total. The molecular weight excluding hydrogens is 384 g/mol. The van der Waals surface area contributed by atoms with Crippen LogP contribution in [0.15, 0.2) is 53.7 Å². The SMILES string of the molecule is CC[C@H](C(=O)Nc1cccc(Cl)c1)n1cnc2c(sc3ncccc32)c1=O. The Bertz CT molecular complexity index is 1220. The smallest absolute Gasteiger partial charge is 0.272 e. The summed E-state index contributed by atoms with van der Waals surface area (Å²) in [7, 11) is 0. The van der Waals surface area contributed by atoms with E-state index in [0.717, 1.165) is 10.2 Å². The van der Waals surface area contributed by atoms with Crippen molar-refractivity contribution < 1.29 is 4.79 Å². The maximum absolute atomic E-state index is 13.0. The molecule has 0 spiro atoms. The van der Waals surface area contributed by atoms with E-state index in [1.54, 1.807) is 30.5 Å². The third-order valence-corrected chi connectivity index (χ3v) is 5.62. The van der Waals surface area contributed by atoms with E-state index in [0.29, 0.717) is 27.3 Å². The zero-order chi connectivity index (χ0) is 19.0. The Kier molecular flexibility index (Phi) is 4.63. The Morgan fingerprint density at radius 1 is 1.30 bits per heavy atom. The number of hydrogen-bond acceptors (Lipinski definition) is 5. The fourth-order valence-electron chi connectivity index (χ4n) is 3.00. The fraction of sp³-hybridized carbons (Fsp3) is 0.158. The Morgan fingerprint density at radius 2 is 2.15 bits per heavy atom. The molecule has 0 saturated heterocycles. The predicted octanol–water partition coefficient (Wildman–Crippen LogP) is 4.25. The monoisotopic (exact) mass is 398 g/mol. The molecule has 0 unspecified atom stereocenters. The van der Waals surface area contributed by atoms with E-state index in [9.17, 15) is 9.59 Å². The maximum Gasteiger partial charge on any atom is 0.272 e. The number of carbonyl (C=O) groups is 1. The third kappa shape index (κ3) is 3.20. The number of amides is 1. The van der Waals surface area contributed by atoms with Crippen molar-refractivity contribution in [2.75, 3.05) is 5.32 Å². The average Bonchev–Trinajstić information content (AvgIpc) is 3.04. The highest BCUT2D eigenvalue weighted by molar-refractivity contribution is 7.25. The predicted molar refractivity (Wildman–Crippen MR) is 109 cm³/mol. The molecule has 1 aromatic carbocycles. The molecule has 4 aromatic rings. The lowest BCUT2D eigenvalue weighted by Crippen LogP contribution is -2.33. The number of thiophene rings is 1. The van der Waals surface area contributed by atoms with Crippen LogP contribution in [0.5, 0.6) is 0 Å². The van der Waals surface area contributed by atoms with Crippen LogP contribution < -0.4 is 10.9 Å². The number of nitrogens with one attached hydrogen (secondary N) is 1. The number of hydrogen-bond donors (Lipinski definition) is 1. The highest BCUT2D eigenvalue weighted by Crippen LogP contribution is 2.28. The van der Waals surface area contributed by atoms with E-state index in [4.69, 9.17) is 11.6 Å². The highest BCUT2D eigenvalue weighted by Gasteiger charge is 2.22. The molecule has 27 heavy (non-hydrogen) atoms. The van der Waals surface area contributed by atoms with Gasteiger partial charge in [-0.25, -0.2) is 9.97 Å². The van der Waals surface area contributed by atoms with Gasteiger partial charge in [0.15, 0.2) is 0 Å². The van der Waals surface area contributed by atoms with Crippen LogP contribution in [0, 0.1) is 0 Å². The van der Waals surface area contributed by atoms with Crippen molar-refractivity contribution in [2.24, 2.45) is 0 Å². The largest absolute Gasteiger partial charge is 0.324 e. The summed E-state index contributed by atoms with van der Waals surface area (Å²) in [5, 5.41) is 4.19. The molecule has 3 heterocycles. The van der Waals surface area contributed by atoms with Gasteiger partial charge in [0, 0.05) is 22.3 Å². The van der Waals surface area contributed by atoms with Gasteiger partial charge in [0.1, 0.15) is 15.6 Å². The van der Waals surface area contributed by atoms with Gasteiger partial charge in [0.05, 0.1) is 11.8 Å². The normalized spacial score (nSPS) is 12.4. The van der Waals surface area contributed by atoms with Crippen LogP contribution in [0.4, 0.5) is 5.69 Å². The maximum atomic E-state index is 13.0. The minimum atomic E-state index is -0.674. The number of rotatable bonds is 4. The number of halogens is 1. The first-order valence-corrected chi connectivity index (χ1v) is 9.58. The average molecular weight is 399 g/mol. The topological polar surface area (TPSA) is 76.9 Å². The zero-order valence-electron chi connectivity index (χ0n) is 14.3. The Morgan fingerprint density at radius 3 is 2.93 bits per heavy atom. The van der Waals surface area contributed by atoms with E-state index in [1.807, 2.05) is 19.1 Å². The van der Waals surface area contributed by atoms with Crippen LogP contribution in [-0.4, -0.2) is 20.4 Å². The molecule has 8 heteroatoms. The van der Waals surface area contributed by atoms with Gasteiger partial charge in [0.2, 0.25) is 5.91 Å². The number of aromatic nitrogens is 3.